The number of esters is 1. The maximum Gasteiger partial charge on any atom is 0.334 e. The average molecular weight is 346 g/mol. The maximum absolute atomic E-state index is 12.5. The van der Waals surface area contributed by atoms with Gasteiger partial charge in [-0.15, -0.1) is 0 Å². The first kappa shape index (κ1) is 19.9. The minimum Gasteiger partial charge on any atom is -0.481 e. The first-order chi connectivity index (χ1) is 10.6. The molecule has 132 valence electrons. The van der Waals surface area contributed by atoms with Gasteiger partial charge in [0.1, 0.15) is 0 Å². The summed E-state index contributed by atoms with van der Waals surface area (Å²) in [6.45, 7) is 4.23. The van der Waals surface area contributed by atoms with E-state index in [1.54, 1.807) is 0 Å². The molecule has 0 aromatic rings. The van der Waals surface area contributed by atoms with Gasteiger partial charge < -0.3 is 21.3 Å². The molecule has 23 heavy (non-hydrogen) atoms. The van der Waals surface area contributed by atoms with Crippen LogP contribution in [0.25, 0.3) is 0 Å². The fraction of sp³-hybridized carbons (Fsp3) is 0.800. The molecular weight excluding hydrogens is 320 g/mol. The van der Waals surface area contributed by atoms with Crippen LogP contribution in [-0.2, 0) is 19.1 Å². The van der Waals surface area contributed by atoms with Crippen molar-refractivity contribution in [3.05, 3.63) is 0 Å². The summed E-state index contributed by atoms with van der Waals surface area (Å²) in [6, 6.07) is -1.34. The molecule has 0 spiro atoms. The van der Waals surface area contributed by atoms with Gasteiger partial charge in [0.25, 0.3) is 0 Å². The molecule has 2 unspecified atom stereocenters. The molecule has 1 aliphatic carbocycles. The van der Waals surface area contributed by atoms with E-state index >= 15 is 0 Å². The van der Waals surface area contributed by atoms with Crippen molar-refractivity contribution < 1.29 is 24.2 Å². The Morgan fingerprint density at radius 1 is 1.48 bits per heavy atom. The van der Waals surface area contributed by atoms with E-state index in [0.29, 0.717) is 5.92 Å². The number of nitrogens with two attached hydrogens (primary N) is 2. The Kier molecular flexibility index (Phi) is 6.61. The number of carboxylic acids is 1. The van der Waals surface area contributed by atoms with Crippen LogP contribution in [0.4, 0.5) is 0 Å². The van der Waals surface area contributed by atoms with E-state index in [1.165, 1.54) is 11.8 Å². The van der Waals surface area contributed by atoms with Gasteiger partial charge in [0.2, 0.25) is 0 Å². The number of carboxylic acid groups (broad SMARTS) is 1. The van der Waals surface area contributed by atoms with Gasteiger partial charge in [-0.25, -0.2) is 4.79 Å². The monoisotopic (exact) mass is 346 g/mol. The van der Waals surface area contributed by atoms with E-state index in [2.05, 4.69) is 18.6 Å². The first-order valence-corrected chi connectivity index (χ1v) is 8.58. The molecular formula is C15H26N2O5S. The second-order valence-electron chi connectivity index (χ2n) is 6.43. The Bertz CT molecular complexity index is 486. The SMILES string of the molecule is COC(=O)[C@@](N)(CSC1(C)CCCC1C)C(=O)[C@@H](N)CC(=O)O. The summed E-state index contributed by atoms with van der Waals surface area (Å²) in [5, 5.41) is 8.78. The minimum absolute atomic E-state index is 0.0205. The molecule has 1 rings (SSSR count). The van der Waals surface area contributed by atoms with Gasteiger partial charge in [-0.2, -0.15) is 11.8 Å². The lowest BCUT2D eigenvalue weighted by Gasteiger charge is -2.34. The van der Waals surface area contributed by atoms with Gasteiger partial charge in [-0.3, -0.25) is 9.59 Å². The summed E-state index contributed by atoms with van der Waals surface area (Å²) in [4.78, 5) is 35.3. The normalized spacial score (nSPS) is 28.0. The van der Waals surface area contributed by atoms with Crippen molar-refractivity contribution in [2.24, 2.45) is 17.4 Å². The number of hydrogen-bond donors (Lipinski definition) is 3. The molecule has 0 radical (unpaired) electrons. The van der Waals surface area contributed by atoms with Crippen molar-refractivity contribution in [2.75, 3.05) is 12.9 Å². The predicted molar refractivity (Wildman–Crippen MR) is 88.0 cm³/mol. The highest BCUT2D eigenvalue weighted by molar-refractivity contribution is 8.00. The average Bonchev–Trinajstić information content (AvgIpc) is 2.82. The van der Waals surface area contributed by atoms with Gasteiger partial charge in [0, 0.05) is 10.5 Å². The number of carbonyl (C=O) groups is 3. The Balaban J connectivity index is 2.92. The van der Waals surface area contributed by atoms with Crippen LogP contribution in [0.2, 0.25) is 0 Å². The summed E-state index contributed by atoms with van der Waals surface area (Å²) in [5.74, 6) is -2.44. The fourth-order valence-electron chi connectivity index (χ4n) is 2.83. The molecule has 5 N–H and O–H groups in total. The number of carbonyl (C=O) groups excluding carboxylic acids is 2. The Morgan fingerprint density at radius 3 is 2.52 bits per heavy atom. The lowest BCUT2D eigenvalue weighted by atomic mass is 9.91. The van der Waals surface area contributed by atoms with Crippen LogP contribution >= 0.6 is 11.8 Å². The third-order valence-corrected chi connectivity index (χ3v) is 6.57. The summed E-state index contributed by atoms with van der Waals surface area (Å²) >= 11 is 1.46. The highest BCUT2D eigenvalue weighted by Crippen LogP contribution is 2.46. The van der Waals surface area contributed by atoms with Crippen molar-refractivity contribution in [3.63, 3.8) is 0 Å². The molecule has 1 aliphatic rings. The first-order valence-electron chi connectivity index (χ1n) is 7.60. The second-order valence-corrected chi connectivity index (χ2v) is 7.94. The summed E-state index contributed by atoms with van der Waals surface area (Å²) in [5.41, 5.74) is 9.72. The quantitative estimate of drug-likeness (QED) is 0.428. The molecule has 0 saturated heterocycles. The number of thioether (sulfide) groups is 1. The predicted octanol–water partition coefficient (Wildman–Crippen LogP) is 0.540. The van der Waals surface area contributed by atoms with Crippen LogP contribution in [0.5, 0.6) is 0 Å². The number of rotatable bonds is 8. The van der Waals surface area contributed by atoms with E-state index in [-0.39, 0.29) is 10.5 Å². The Labute approximate surface area is 140 Å². The van der Waals surface area contributed by atoms with Crippen LogP contribution in [0, 0.1) is 5.92 Å². The van der Waals surface area contributed by atoms with Crippen molar-refractivity contribution in [1.82, 2.24) is 0 Å². The number of ketones is 1. The molecule has 1 saturated carbocycles. The highest BCUT2D eigenvalue weighted by Gasteiger charge is 2.48. The van der Waals surface area contributed by atoms with Gasteiger partial charge in [-0.05, 0) is 18.8 Å². The zero-order valence-corrected chi connectivity index (χ0v) is 14.6. The lowest BCUT2D eigenvalue weighted by molar-refractivity contribution is -0.151. The van der Waals surface area contributed by atoms with E-state index in [0.717, 1.165) is 26.4 Å². The molecule has 8 heteroatoms. The van der Waals surface area contributed by atoms with Gasteiger partial charge in [0.05, 0.1) is 19.6 Å². The van der Waals surface area contributed by atoms with Gasteiger partial charge in [-0.1, -0.05) is 20.3 Å². The molecule has 1 fully saturated rings. The standard InChI is InChI=1S/C15H26N2O5S/c1-9-5-4-6-14(9,2)23-8-15(17,13(21)22-3)12(20)10(16)7-11(18)19/h9-10H,4-8,16-17H2,1-3H3,(H,18,19)/t9?,10-,14?,15+/m0/s1. The fourth-order valence-corrected chi connectivity index (χ4v) is 4.34. The summed E-state index contributed by atoms with van der Waals surface area (Å²) in [6.07, 6.45) is 2.58. The topological polar surface area (TPSA) is 133 Å². The molecule has 0 bridgehead atoms. The molecule has 0 aromatic carbocycles. The lowest BCUT2D eigenvalue weighted by Crippen LogP contribution is -2.63. The molecule has 0 heterocycles. The van der Waals surface area contributed by atoms with Gasteiger partial charge >= 0.3 is 11.9 Å². The van der Waals surface area contributed by atoms with E-state index in [1.807, 2.05) is 0 Å². The Morgan fingerprint density at radius 2 is 2.09 bits per heavy atom. The molecule has 0 amide bonds. The van der Waals surface area contributed by atoms with Crippen LogP contribution in [0.15, 0.2) is 0 Å². The number of Topliss-reactive ketones (excluding diaryl/α,β-unsaturated/α-hetero) is 1. The van der Waals surface area contributed by atoms with Crippen LogP contribution in [0.1, 0.15) is 39.5 Å². The minimum atomic E-state index is -1.93. The number of hydrogen-bond acceptors (Lipinski definition) is 7. The van der Waals surface area contributed by atoms with Gasteiger partial charge in [0.15, 0.2) is 11.3 Å². The zero-order valence-electron chi connectivity index (χ0n) is 13.8. The van der Waals surface area contributed by atoms with Crippen molar-refractivity contribution in [2.45, 2.75) is 55.9 Å². The largest absolute Gasteiger partial charge is 0.481 e. The van der Waals surface area contributed by atoms with E-state index < -0.39 is 35.7 Å². The van der Waals surface area contributed by atoms with Crippen molar-refractivity contribution >= 4 is 29.5 Å². The molecule has 0 aliphatic heterocycles. The summed E-state index contributed by atoms with van der Waals surface area (Å²) < 4.78 is 4.59. The van der Waals surface area contributed by atoms with Crippen molar-refractivity contribution in [1.29, 1.82) is 0 Å². The molecule has 0 aromatic heterocycles. The Hall–Kier alpha value is -1.12. The molecule has 7 nitrogen and oxygen atoms in total. The number of methoxy groups -OCH3 is 1. The summed E-state index contributed by atoms with van der Waals surface area (Å²) in [7, 11) is 1.14. The van der Waals surface area contributed by atoms with E-state index in [9.17, 15) is 14.4 Å². The molecule has 4 atom stereocenters. The van der Waals surface area contributed by atoms with Crippen molar-refractivity contribution in [3.8, 4) is 0 Å². The third-order valence-electron chi connectivity index (χ3n) is 4.70. The zero-order chi connectivity index (χ0) is 17.8. The maximum atomic E-state index is 12.5. The van der Waals surface area contributed by atoms with Crippen LogP contribution < -0.4 is 11.5 Å². The number of ether oxygens (including phenoxy) is 1. The van der Waals surface area contributed by atoms with E-state index in [4.69, 9.17) is 16.6 Å². The van der Waals surface area contributed by atoms with Crippen LogP contribution in [-0.4, -0.2) is 52.0 Å². The third kappa shape index (κ3) is 4.45. The van der Waals surface area contributed by atoms with Crippen LogP contribution in [0.3, 0.4) is 0 Å². The number of aliphatic carboxylic acids is 1. The smallest absolute Gasteiger partial charge is 0.334 e. The highest BCUT2D eigenvalue weighted by atomic mass is 32.2. The second kappa shape index (κ2) is 7.63.